The van der Waals surface area contributed by atoms with Gasteiger partial charge in [0.05, 0.1) is 19.5 Å². The number of aromatic nitrogens is 2. The van der Waals surface area contributed by atoms with Crippen molar-refractivity contribution < 1.29 is 4.74 Å². The molecule has 4 heteroatoms. The van der Waals surface area contributed by atoms with Crippen molar-refractivity contribution in [1.29, 1.82) is 0 Å². The predicted octanol–water partition coefficient (Wildman–Crippen LogP) is 0.670. The zero-order chi connectivity index (χ0) is 9.52. The molecule has 1 aromatic heterocycles. The maximum Gasteiger partial charge on any atom is 0.253 e. The molecule has 0 aliphatic heterocycles. The van der Waals surface area contributed by atoms with Gasteiger partial charge in [-0.2, -0.15) is 0 Å². The summed E-state index contributed by atoms with van der Waals surface area (Å²) in [7, 11) is 0. The Balaban J connectivity index is 2.37. The van der Waals surface area contributed by atoms with E-state index in [4.69, 9.17) is 4.74 Å². The Morgan fingerprint density at radius 1 is 1.54 bits per heavy atom. The van der Waals surface area contributed by atoms with Crippen LogP contribution >= 0.6 is 0 Å². The Morgan fingerprint density at radius 2 is 2.38 bits per heavy atom. The van der Waals surface area contributed by atoms with Crippen LogP contribution in [0.15, 0.2) is 23.4 Å². The predicted molar refractivity (Wildman–Crippen MR) is 49.6 cm³/mol. The van der Waals surface area contributed by atoms with E-state index in [1.165, 1.54) is 23.2 Å². The lowest BCUT2D eigenvalue weighted by molar-refractivity contribution is 0.126. The molecular weight excluding hydrogens is 168 g/mol. The molecule has 0 aliphatic rings. The number of nitrogens with zero attached hydrogens (tertiary/aromatic N) is 2. The zero-order valence-corrected chi connectivity index (χ0v) is 7.77. The molecule has 0 unspecified atom stereocenters. The lowest BCUT2D eigenvalue weighted by Gasteiger charge is -2.04. The highest BCUT2D eigenvalue weighted by Gasteiger charge is 1.93. The molecule has 0 saturated heterocycles. The average Bonchev–Trinajstić information content (AvgIpc) is 2.15. The first-order chi connectivity index (χ1) is 6.34. The molecule has 13 heavy (non-hydrogen) atoms. The van der Waals surface area contributed by atoms with Gasteiger partial charge in [0.1, 0.15) is 0 Å². The van der Waals surface area contributed by atoms with Crippen molar-refractivity contribution >= 4 is 0 Å². The van der Waals surface area contributed by atoms with Gasteiger partial charge in [0.2, 0.25) is 0 Å². The molecule has 4 nitrogen and oxygen atoms in total. The summed E-state index contributed by atoms with van der Waals surface area (Å²) < 4.78 is 6.79. The number of hydrogen-bond acceptors (Lipinski definition) is 3. The quantitative estimate of drug-likeness (QED) is 0.629. The number of rotatable bonds is 5. The summed E-state index contributed by atoms with van der Waals surface area (Å²) in [5.74, 6) is 0. The maximum absolute atomic E-state index is 11.2. The third-order valence-electron chi connectivity index (χ3n) is 1.62. The lowest BCUT2D eigenvalue weighted by Crippen LogP contribution is -2.21. The maximum atomic E-state index is 11.2. The van der Waals surface area contributed by atoms with Gasteiger partial charge in [0, 0.05) is 18.9 Å². The summed E-state index contributed by atoms with van der Waals surface area (Å²) in [5.41, 5.74) is -0.0323. The van der Waals surface area contributed by atoms with Crippen molar-refractivity contribution in [3.63, 3.8) is 0 Å². The first-order valence-corrected chi connectivity index (χ1v) is 4.43. The standard InChI is InChI=1S/C9H14N2O2/c1-2-6-13-7-5-11-8-10-4-3-9(11)12/h3-4,8H,2,5-7H2,1H3. The molecule has 72 valence electrons. The van der Waals surface area contributed by atoms with Crippen molar-refractivity contribution in [3.8, 4) is 0 Å². The first kappa shape index (κ1) is 9.92. The van der Waals surface area contributed by atoms with E-state index in [2.05, 4.69) is 11.9 Å². The molecular formula is C9H14N2O2. The lowest BCUT2D eigenvalue weighted by atomic mass is 10.5. The van der Waals surface area contributed by atoms with Crippen LogP contribution in [0, 0.1) is 0 Å². The second-order valence-electron chi connectivity index (χ2n) is 2.72. The fourth-order valence-electron chi connectivity index (χ4n) is 0.956. The molecule has 0 aromatic carbocycles. The molecule has 0 spiro atoms. The average molecular weight is 182 g/mol. The molecule has 0 atom stereocenters. The molecule has 0 amide bonds. The second kappa shape index (κ2) is 5.48. The molecule has 1 aromatic rings. The summed E-state index contributed by atoms with van der Waals surface area (Å²) in [4.78, 5) is 15.0. The van der Waals surface area contributed by atoms with Crippen LogP contribution in [0.3, 0.4) is 0 Å². The highest BCUT2D eigenvalue weighted by Crippen LogP contribution is 1.83. The second-order valence-corrected chi connectivity index (χ2v) is 2.72. The van der Waals surface area contributed by atoms with Gasteiger partial charge >= 0.3 is 0 Å². The highest BCUT2D eigenvalue weighted by molar-refractivity contribution is 4.81. The fraction of sp³-hybridized carbons (Fsp3) is 0.556. The normalized spacial score (nSPS) is 10.2. The summed E-state index contributed by atoms with van der Waals surface area (Å²) in [6, 6.07) is 1.44. The third kappa shape index (κ3) is 3.38. The van der Waals surface area contributed by atoms with Crippen molar-refractivity contribution in [1.82, 2.24) is 9.55 Å². The van der Waals surface area contributed by atoms with Gasteiger partial charge in [0.15, 0.2) is 0 Å². The molecule has 0 aliphatic carbocycles. The first-order valence-electron chi connectivity index (χ1n) is 4.43. The van der Waals surface area contributed by atoms with Crippen molar-refractivity contribution in [2.45, 2.75) is 19.9 Å². The summed E-state index contributed by atoms with van der Waals surface area (Å²) >= 11 is 0. The SMILES string of the molecule is CCCOCCn1cnccc1=O. The molecule has 0 bridgehead atoms. The Labute approximate surface area is 77.2 Å². The van der Waals surface area contributed by atoms with Gasteiger partial charge < -0.3 is 4.74 Å². The Hall–Kier alpha value is -1.16. The molecule has 1 heterocycles. The van der Waals surface area contributed by atoms with Crippen LogP contribution in [0.5, 0.6) is 0 Å². The van der Waals surface area contributed by atoms with Crippen LogP contribution in [0.1, 0.15) is 13.3 Å². The van der Waals surface area contributed by atoms with Gasteiger partial charge in [-0.1, -0.05) is 6.92 Å². The van der Waals surface area contributed by atoms with E-state index in [9.17, 15) is 4.79 Å². The monoisotopic (exact) mass is 182 g/mol. The van der Waals surface area contributed by atoms with Crippen LogP contribution in [-0.2, 0) is 11.3 Å². The Morgan fingerprint density at radius 3 is 3.08 bits per heavy atom. The molecule has 0 fully saturated rings. The number of ether oxygens (including phenoxy) is 1. The van der Waals surface area contributed by atoms with E-state index >= 15 is 0 Å². The number of hydrogen-bond donors (Lipinski definition) is 0. The van der Waals surface area contributed by atoms with E-state index in [1.54, 1.807) is 0 Å². The molecule has 0 radical (unpaired) electrons. The Bertz CT molecular complexity index is 296. The minimum absolute atomic E-state index is 0.0323. The minimum Gasteiger partial charge on any atom is -0.380 e. The molecule has 1 rings (SSSR count). The Kier molecular flexibility index (Phi) is 4.18. The van der Waals surface area contributed by atoms with E-state index in [0.29, 0.717) is 13.2 Å². The zero-order valence-electron chi connectivity index (χ0n) is 7.77. The van der Waals surface area contributed by atoms with E-state index in [1.807, 2.05) is 0 Å². The molecule has 0 N–H and O–H groups in total. The van der Waals surface area contributed by atoms with E-state index in [0.717, 1.165) is 13.0 Å². The van der Waals surface area contributed by atoms with Crippen LogP contribution in [-0.4, -0.2) is 22.8 Å². The molecule has 0 saturated carbocycles. The van der Waals surface area contributed by atoms with Gasteiger partial charge in [-0.15, -0.1) is 0 Å². The summed E-state index contributed by atoms with van der Waals surface area (Å²) in [5, 5.41) is 0. The van der Waals surface area contributed by atoms with E-state index < -0.39 is 0 Å². The third-order valence-corrected chi connectivity index (χ3v) is 1.62. The van der Waals surface area contributed by atoms with Crippen LogP contribution in [0.2, 0.25) is 0 Å². The van der Waals surface area contributed by atoms with Gasteiger partial charge in [-0.25, -0.2) is 4.98 Å². The van der Waals surface area contributed by atoms with Crippen molar-refractivity contribution in [2.75, 3.05) is 13.2 Å². The smallest absolute Gasteiger partial charge is 0.253 e. The van der Waals surface area contributed by atoms with Crippen LogP contribution < -0.4 is 5.56 Å². The largest absolute Gasteiger partial charge is 0.380 e. The topological polar surface area (TPSA) is 44.1 Å². The highest BCUT2D eigenvalue weighted by atomic mass is 16.5. The van der Waals surface area contributed by atoms with Crippen molar-refractivity contribution in [3.05, 3.63) is 28.9 Å². The fourth-order valence-corrected chi connectivity index (χ4v) is 0.956. The van der Waals surface area contributed by atoms with Gasteiger partial charge in [-0.3, -0.25) is 9.36 Å². The summed E-state index contributed by atoms with van der Waals surface area (Å²) in [6.45, 7) is 3.94. The van der Waals surface area contributed by atoms with Gasteiger partial charge in [-0.05, 0) is 6.42 Å². The van der Waals surface area contributed by atoms with Crippen LogP contribution in [0.25, 0.3) is 0 Å². The van der Waals surface area contributed by atoms with E-state index in [-0.39, 0.29) is 5.56 Å². The minimum atomic E-state index is -0.0323. The van der Waals surface area contributed by atoms with Crippen molar-refractivity contribution in [2.24, 2.45) is 0 Å². The van der Waals surface area contributed by atoms with Crippen LogP contribution in [0.4, 0.5) is 0 Å². The summed E-state index contributed by atoms with van der Waals surface area (Å²) in [6.07, 6.45) is 4.02. The van der Waals surface area contributed by atoms with Gasteiger partial charge in [0.25, 0.3) is 5.56 Å².